The highest BCUT2D eigenvalue weighted by Gasteiger charge is 2.60. The van der Waals surface area contributed by atoms with E-state index in [9.17, 15) is 34.0 Å². The van der Waals surface area contributed by atoms with Gasteiger partial charge in [0.05, 0.1) is 12.1 Å². The maximum atomic E-state index is 13.4. The Balaban J connectivity index is 2.14. The summed E-state index contributed by atoms with van der Waals surface area (Å²) in [7, 11) is 0. The quantitative estimate of drug-likeness (QED) is 0.142. The van der Waals surface area contributed by atoms with Gasteiger partial charge in [0, 0.05) is 37.3 Å². The van der Waals surface area contributed by atoms with Gasteiger partial charge in [0.25, 0.3) is 11.8 Å². The zero-order valence-corrected chi connectivity index (χ0v) is 22.4. The van der Waals surface area contributed by atoms with Crippen LogP contribution < -0.4 is 10.6 Å². The molecule has 3 N–H and O–H groups in total. The Morgan fingerprint density at radius 2 is 1.68 bits per heavy atom. The monoisotopic (exact) mass is 532 g/mol. The molecule has 0 aromatic carbocycles. The van der Waals surface area contributed by atoms with Gasteiger partial charge in [-0.05, 0) is 25.7 Å². The predicted octanol–water partition coefficient (Wildman–Crippen LogP) is 2.26. The van der Waals surface area contributed by atoms with Crippen molar-refractivity contribution in [3.63, 3.8) is 0 Å². The van der Waals surface area contributed by atoms with Crippen molar-refractivity contribution >= 4 is 35.4 Å². The summed E-state index contributed by atoms with van der Waals surface area (Å²) in [5.41, 5.74) is -1.89. The van der Waals surface area contributed by atoms with Crippen molar-refractivity contribution < 1.29 is 34.0 Å². The number of unbranched alkanes of at least 4 members (excludes halogenated alkanes) is 4. The zero-order valence-electron chi connectivity index (χ0n) is 22.4. The van der Waals surface area contributed by atoms with E-state index in [0.29, 0.717) is 37.2 Å². The Kier molecular flexibility index (Phi) is 10.2. The van der Waals surface area contributed by atoms with E-state index in [4.69, 9.17) is 0 Å². The van der Waals surface area contributed by atoms with Crippen molar-refractivity contribution in [2.45, 2.75) is 121 Å². The molecule has 11 heteroatoms. The number of hydrogen-bond donors (Lipinski definition) is 3. The second-order valence-corrected chi connectivity index (χ2v) is 10.5. The lowest BCUT2D eigenvalue weighted by molar-refractivity contribution is -0.216. The molecule has 3 unspecified atom stereocenters. The minimum Gasteiger partial charge on any atom is -0.351 e. The van der Waals surface area contributed by atoms with Crippen LogP contribution in [0.1, 0.15) is 104 Å². The van der Waals surface area contributed by atoms with Gasteiger partial charge in [0.15, 0.2) is 0 Å². The molecule has 11 nitrogen and oxygen atoms in total. The Morgan fingerprint density at radius 3 is 2.26 bits per heavy atom. The number of rotatable bonds is 13. The Morgan fingerprint density at radius 1 is 1.05 bits per heavy atom. The summed E-state index contributed by atoms with van der Waals surface area (Å²) >= 11 is 0. The Hall–Kier alpha value is -3.08. The highest BCUT2D eigenvalue weighted by Crippen LogP contribution is 2.43. The summed E-state index contributed by atoms with van der Waals surface area (Å²) in [6, 6.07) is -2.29. The summed E-state index contributed by atoms with van der Waals surface area (Å²) in [5.74, 6) is -3.52. The molecule has 0 radical (unpaired) electrons. The van der Waals surface area contributed by atoms with Crippen molar-refractivity contribution in [2.24, 2.45) is 0 Å². The van der Waals surface area contributed by atoms with Gasteiger partial charge in [0.1, 0.15) is 5.54 Å². The maximum absolute atomic E-state index is 13.4. The van der Waals surface area contributed by atoms with Crippen molar-refractivity contribution in [3.8, 4) is 0 Å². The summed E-state index contributed by atoms with van der Waals surface area (Å²) in [4.78, 5) is 78.6. The third-order valence-electron chi connectivity index (χ3n) is 7.79. The summed E-state index contributed by atoms with van der Waals surface area (Å²) in [6.45, 7) is 4.00. The highest BCUT2D eigenvalue weighted by atomic mass is 16.5. The summed E-state index contributed by atoms with van der Waals surface area (Å²) in [6.07, 6.45) is 7.34. The third kappa shape index (κ3) is 6.14. The molecule has 3 rings (SSSR count). The first-order chi connectivity index (χ1) is 18.2. The van der Waals surface area contributed by atoms with Crippen LogP contribution in [0.5, 0.6) is 0 Å². The van der Waals surface area contributed by atoms with E-state index in [1.807, 2.05) is 13.8 Å². The molecule has 2 fully saturated rings. The molecule has 6 amide bonds. The minimum absolute atomic E-state index is 0.0159. The lowest BCUT2D eigenvalue weighted by Gasteiger charge is -2.54. The average Bonchev–Trinajstić information content (AvgIpc) is 3.39. The number of amides is 6. The molecule has 1 saturated heterocycles. The van der Waals surface area contributed by atoms with Gasteiger partial charge in [-0.15, -0.1) is 0 Å². The van der Waals surface area contributed by atoms with Gasteiger partial charge in [-0.2, -0.15) is 0 Å². The molecule has 1 saturated carbocycles. The fraction of sp³-hybridized carbons (Fsp3) is 0.704. The normalized spacial score (nSPS) is 24.3. The molecule has 0 spiro atoms. The van der Waals surface area contributed by atoms with Crippen LogP contribution >= 0.6 is 0 Å². The summed E-state index contributed by atoms with van der Waals surface area (Å²) < 4.78 is 0. The molecule has 210 valence electrons. The number of likely N-dealkylation sites (tertiary alicyclic amines) is 1. The standard InChI is InChI=1S/C27H40N4O7/c1-3-5-7-12-20(32)28-19-11-9-10-16-27(19,31(38)24(36)13-8-6-4-2)25(18-17-21(33)29-26(18)37)30-22(34)14-15-23(30)35/h17,19,25,38H,3-16H2,1-2H3,(H,28,32)(H,29,33,37). The number of carbonyl (C=O) groups is 6. The second-order valence-electron chi connectivity index (χ2n) is 10.5. The highest BCUT2D eigenvalue weighted by molar-refractivity contribution is 6.18. The molecule has 0 bridgehead atoms. The van der Waals surface area contributed by atoms with Crippen LogP contribution in [0.25, 0.3) is 0 Å². The van der Waals surface area contributed by atoms with Crippen LogP contribution in [0, 0.1) is 0 Å². The first kappa shape index (κ1) is 29.5. The average molecular weight is 533 g/mol. The summed E-state index contributed by atoms with van der Waals surface area (Å²) in [5, 5.41) is 17.3. The second kappa shape index (κ2) is 13.1. The van der Waals surface area contributed by atoms with Gasteiger partial charge in [-0.1, -0.05) is 52.4 Å². The van der Waals surface area contributed by atoms with E-state index >= 15 is 0 Å². The number of hydrogen-bond acceptors (Lipinski definition) is 7. The van der Waals surface area contributed by atoms with Crippen LogP contribution in [0.2, 0.25) is 0 Å². The van der Waals surface area contributed by atoms with Crippen LogP contribution in [0.3, 0.4) is 0 Å². The van der Waals surface area contributed by atoms with Crippen LogP contribution in [-0.2, 0) is 28.8 Å². The van der Waals surface area contributed by atoms with Gasteiger partial charge in [0.2, 0.25) is 23.6 Å². The number of nitrogens with one attached hydrogen (secondary N) is 2. The number of carbonyl (C=O) groups excluding carboxylic acids is 6. The molecule has 1 aliphatic carbocycles. The molecule has 0 aromatic heterocycles. The van der Waals surface area contributed by atoms with Gasteiger partial charge in [-0.25, -0.2) is 5.06 Å². The van der Waals surface area contributed by atoms with E-state index in [0.717, 1.165) is 36.7 Å². The number of imide groups is 2. The maximum Gasteiger partial charge on any atom is 0.256 e. The molecule has 3 atom stereocenters. The third-order valence-corrected chi connectivity index (χ3v) is 7.79. The van der Waals surface area contributed by atoms with Crippen molar-refractivity contribution in [3.05, 3.63) is 11.6 Å². The first-order valence-electron chi connectivity index (χ1n) is 13.9. The topological polar surface area (TPSA) is 153 Å². The lowest BCUT2D eigenvalue weighted by Crippen LogP contribution is -2.74. The molecular weight excluding hydrogens is 492 g/mol. The molecular formula is C27H40N4O7. The van der Waals surface area contributed by atoms with Gasteiger partial charge >= 0.3 is 0 Å². The van der Waals surface area contributed by atoms with Crippen LogP contribution in [0.15, 0.2) is 11.6 Å². The fourth-order valence-corrected chi connectivity index (χ4v) is 5.88. The molecule has 38 heavy (non-hydrogen) atoms. The fourth-order valence-electron chi connectivity index (χ4n) is 5.88. The molecule has 0 aromatic rings. The zero-order chi connectivity index (χ0) is 27.9. The molecule has 3 aliphatic rings. The predicted molar refractivity (Wildman–Crippen MR) is 136 cm³/mol. The number of hydroxylamine groups is 2. The van der Waals surface area contributed by atoms with E-state index < -0.39 is 47.2 Å². The lowest BCUT2D eigenvalue weighted by atomic mass is 9.68. The largest absolute Gasteiger partial charge is 0.351 e. The first-order valence-corrected chi connectivity index (χ1v) is 13.9. The Labute approximate surface area is 223 Å². The van der Waals surface area contributed by atoms with E-state index in [-0.39, 0.29) is 43.6 Å². The van der Waals surface area contributed by atoms with Gasteiger partial charge in [-0.3, -0.25) is 44.2 Å². The van der Waals surface area contributed by atoms with Crippen molar-refractivity contribution in [1.29, 1.82) is 0 Å². The van der Waals surface area contributed by atoms with Crippen LogP contribution in [0.4, 0.5) is 0 Å². The van der Waals surface area contributed by atoms with Gasteiger partial charge < -0.3 is 5.32 Å². The number of nitrogens with zero attached hydrogens (tertiary/aromatic N) is 2. The molecule has 2 heterocycles. The van der Waals surface area contributed by atoms with E-state index in [1.165, 1.54) is 0 Å². The van der Waals surface area contributed by atoms with E-state index in [1.54, 1.807) is 0 Å². The van der Waals surface area contributed by atoms with Crippen LogP contribution in [-0.4, -0.2) is 68.2 Å². The Bertz CT molecular complexity index is 978. The van der Waals surface area contributed by atoms with Crippen molar-refractivity contribution in [1.82, 2.24) is 20.6 Å². The smallest absolute Gasteiger partial charge is 0.256 e. The van der Waals surface area contributed by atoms with E-state index in [2.05, 4.69) is 10.6 Å². The minimum atomic E-state index is -1.72. The molecule has 2 aliphatic heterocycles. The SMILES string of the molecule is CCCCCC(=O)NC1CCCCC1(C(C1=CC(=O)NC1=O)N1C(=O)CCC1=O)N(O)C(=O)CCCCC. The van der Waals surface area contributed by atoms with Crippen molar-refractivity contribution in [2.75, 3.05) is 0 Å².